The Morgan fingerprint density at radius 3 is 2.42 bits per heavy atom. The number of Topliss-reactive ketones (excluding diaryl/α,β-unsaturated/α-hetero) is 1. The lowest BCUT2D eigenvalue weighted by Crippen LogP contribution is -2.15. The summed E-state index contributed by atoms with van der Waals surface area (Å²) in [7, 11) is 2.94. The van der Waals surface area contributed by atoms with Crippen molar-refractivity contribution in [3.8, 4) is 11.5 Å². The maximum absolute atomic E-state index is 13.2. The fraction of sp³-hybridized carbons (Fsp3) is 0.176. The Kier molecular flexibility index (Phi) is 5.92. The lowest BCUT2D eigenvalue weighted by molar-refractivity contribution is 0.0473. The first kappa shape index (κ1) is 17.9. The van der Waals surface area contributed by atoms with Crippen molar-refractivity contribution in [3.05, 3.63) is 57.8 Å². The van der Waals surface area contributed by atoms with E-state index in [4.69, 9.17) is 14.2 Å². The summed E-state index contributed by atoms with van der Waals surface area (Å²) in [5, 5.41) is 0. The lowest BCUT2D eigenvalue weighted by Gasteiger charge is -2.09. The molecule has 2 aromatic carbocycles. The summed E-state index contributed by atoms with van der Waals surface area (Å²) in [6, 6.07) is 8.24. The predicted molar refractivity (Wildman–Crippen MR) is 88.3 cm³/mol. The monoisotopic (exact) mass is 396 g/mol. The van der Waals surface area contributed by atoms with Gasteiger partial charge in [-0.05, 0) is 52.3 Å². The van der Waals surface area contributed by atoms with Gasteiger partial charge >= 0.3 is 5.97 Å². The molecule has 0 amide bonds. The fourth-order valence-corrected chi connectivity index (χ4v) is 2.36. The molecule has 24 heavy (non-hydrogen) atoms. The fourth-order valence-electron chi connectivity index (χ4n) is 1.96. The standard InChI is InChI=1S/C17H14BrFO5/c1-22-15-6-3-10(7-16(15)23-2)14(20)9-24-17(21)12-8-11(19)4-5-13(12)18/h3-8H,9H2,1-2H3. The first-order valence-electron chi connectivity index (χ1n) is 6.83. The molecule has 0 unspecified atom stereocenters. The SMILES string of the molecule is COc1ccc(C(=O)COC(=O)c2cc(F)ccc2Br)cc1OC. The van der Waals surface area contributed by atoms with Crippen LogP contribution in [0.15, 0.2) is 40.9 Å². The molecule has 2 aromatic rings. The number of benzene rings is 2. The molecule has 0 aliphatic carbocycles. The number of ether oxygens (including phenoxy) is 3. The molecule has 0 heterocycles. The van der Waals surface area contributed by atoms with E-state index in [2.05, 4.69) is 15.9 Å². The number of ketones is 1. The van der Waals surface area contributed by atoms with Gasteiger partial charge in [0, 0.05) is 10.0 Å². The van der Waals surface area contributed by atoms with Gasteiger partial charge < -0.3 is 14.2 Å². The van der Waals surface area contributed by atoms with Crippen molar-refractivity contribution in [2.24, 2.45) is 0 Å². The van der Waals surface area contributed by atoms with Gasteiger partial charge in [0.25, 0.3) is 0 Å². The minimum absolute atomic E-state index is 0.00936. The number of esters is 1. The molecule has 5 nitrogen and oxygen atoms in total. The van der Waals surface area contributed by atoms with Crippen molar-refractivity contribution in [2.45, 2.75) is 0 Å². The third-order valence-corrected chi connectivity index (χ3v) is 3.88. The second-order valence-electron chi connectivity index (χ2n) is 4.69. The van der Waals surface area contributed by atoms with Gasteiger partial charge in [-0.15, -0.1) is 0 Å². The average Bonchev–Trinajstić information content (AvgIpc) is 2.60. The first-order valence-corrected chi connectivity index (χ1v) is 7.63. The van der Waals surface area contributed by atoms with Gasteiger partial charge in [-0.25, -0.2) is 9.18 Å². The van der Waals surface area contributed by atoms with Crippen LogP contribution in [-0.2, 0) is 4.74 Å². The van der Waals surface area contributed by atoms with Crippen molar-refractivity contribution in [1.82, 2.24) is 0 Å². The van der Waals surface area contributed by atoms with Crippen LogP contribution in [0.5, 0.6) is 11.5 Å². The third-order valence-electron chi connectivity index (χ3n) is 3.19. The summed E-state index contributed by atoms with van der Waals surface area (Å²) in [4.78, 5) is 24.1. The molecule has 0 aromatic heterocycles. The average molecular weight is 397 g/mol. The van der Waals surface area contributed by atoms with Crippen LogP contribution in [0.3, 0.4) is 0 Å². The van der Waals surface area contributed by atoms with E-state index >= 15 is 0 Å². The number of rotatable bonds is 6. The zero-order valence-electron chi connectivity index (χ0n) is 13.0. The first-order chi connectivity index (χ1) is 11.5. The molecule has 0 aliphatic rings. The summed E-state index contributed by atoms with van der Waals surface area (Å²) < 4.78 is 28.7. The van der Waals surface area contributed by atoms with Crippen LogP contribution in [0, 0.1) is 5.82 Å². The summed E-state index contributed by atoms with van der Waals surface area (Å²) >= 11 is 3.13. The second-order valence-corrected chi connectivity index (χ2v) is 5.55. The van der Waals surface area contributed by atoms with Gasteiger partial charge in [-0.3, -0.25) is 4.79 Å². The summed E-state index contributed by atoms with van der Waals surface area (Å²) in [5.74, 6) is -0.916. The van der Waals surface area contributed by atoms with Gasteiger partial charge in [0.15, 0.2) is 23.9 Å². The van der Waals surface area contributed by atoms with Crippen molar-refractivity contribution < 1.29 is 28.2 Å². The number of methoxy groups -OCH3 is 2. The molecule has 0 fully saturated rings. The van der Waals surface area contributed by atoms with Crippen LogP contribution in [-0.4, -0.2) is 32.6 Å². The Bertz CT molecular complexity index is 776. The predicted octanol–water partition coefficient (Wildman–Crippen LogP) is 3.65. The van der Waals surface area contributed by atoms with Gasteiger partial charge in [-0.2, -0.15) is 0 Å². The Hall–Kier alpha value is -2.41. The molecule has 0 atom stereocenters. The normalized spacial score (nSPS) is 10.2. The molecule has 2 rings (SSSR count). The highest BCUT2D eigenvalue weighted by atomic mass is 79.9. The zero-order valence-corrected chi connectivity index (χ0v) is 14.6. The van der Waals surface area contributed by atoms with Gasteiger partial charge in [-0.1, -0.05) is 0 Å². The smallest absolute Gasteiger partial charge is 0.339 e. The molecule has 0 radical (unpaired) electrons. The molecule has 0 aliphatic heterocycles. The topological polar surface area (TPSA) is 61.8 Å². The summed E-state index contributed by atoms with van der Waals surface area (Å²) in [5.41, 5.74) is 0.314. The van der Waals surface area contributed by atoms with Gasteiger partial charge in [0.05, 0.1) is 19.8 Å². The Morgan fingerprint density at radius 2 is 1.75 bits per heavy atom. The third kappa shape index (κ3) is 4.11. The Balaban J connectivity index is 2.07. The molecular weight excluding hydrogens is 383 g/mol. The number of hydrogen-bond donors (Lipinski definition) is 0. The van der Waals surface area contributed by atoms with E-state index in [9.17, 15) is 14.0 Å². The molecule has 0 bridgehead atoms. The van der Waals surface area contributed by atoms with E-state index in [1.54, 1.807) is 6.07 Å². The zero-order chi connectivity index (χ0) is 17.7. The van der Waals surface area contributed by atoms with E-state index in [0.29, 0.717) is 21.5 Å². The number of halogens is 2. The van der Waals surface area contributed by atoms with E-state index in [1.807, 2.05) is 0 Å². The highest BCUT2D eigenvalue weighted by Crippen LogP contribution is 2.27. The minimum atomic E-state index is -0.796. The summed E-state index contributed by atoms with van der Waals surface area (Å²) in [6.07, 6.45) is 0. The van der Waals surface area contributed by atoms with Gasteiger partial charge in [0.1, 0.15) is 5.82 Å². The Labute approximate surface area is 146 Å². The molecular formula is C17H14BrFO5. The molecule has 0 N–H and O–H groups in total. The molecule has 0 saturated carbocycles. The van der Waals surface area contributed by atoms with Crippen LogP contribution < -0.4 is 9.47 Å². The quantitative estimate of drug-likeness (QED) is 0.550. The van der Waals surface area contributed by atoms with Crippen LogP contribution in [0.1, 0.15) is 20.7 Å². The van der Waals surface area contributed by atoms with E-state index in [1.165, 1.54) is 38.5 Å². The largest absolute Gasteiger partial charge is 0.493 e. The van der Waals surface area contributed by atoms with Crippen molar-refractivity contribution in [2.75, 3.05) is 20.8 Å². The van der Waals surface area contributed by atoms with Crippen molar-refractivity contribution in [3.63, 3.8) is 0 Å². The van der Waals surface area contributed by atoms with Crippen LogP contribution in [0.25, 0.3) is 0 Å². The van der Waals surface area contributed by atoms with E-state index in [-0.39, 0.29) is 5.56 Å². The van der Waals surface area contributed by atoms with Crippen molar-refractivity contribution >= 4 is 27.7 Å². The van der Waals surface area contributed by atoms with Crippen LogP contribution >= 0.6 is 15.9 Å². The number of hydrogen-bond acceptors (Lipinski definition) is 5. The lowest BCUT2D eigenvalue weighted by atomic mass is 10.1. The molecule has 0 spiro atoms. The van der Waals surface area contributed by atoms with Crippen molar-refractivity contribution in [1.29, 1.82) is 0 Å². The molecule has 0 saturated heterocycles. The van der Waals surface area contributed by atoms with E-state index in [0.717, 1.165) is 6.07 Å². The number of carbonyl (C=O) groups excluding carboxylic acids is 2. The molecule has 126 valence electrons. The van der Waals surface area contributed by atoms with Gasteiger partial charge in [0.2, 0.25) is 0 Å². The highest BCUT2D eigenvalue weighted by molar-refractivity contribution is 9.10. The maximum Gasteiger partial charge on any atom is 0.339 e. The van der Waals surface area contributed by atoms with E-state index < -0.39 is 24.2 Å². The maximum atomic E-state index is 13.2. The van der Waals surface area contributed by atoms with Crippen LogP contribution in [0.4, 0.5) is 4.39 Å². The highest BCUT2D eigenvalue weighted by Gasteiger charge is 2.16. The minimum Gasteiger partial charge on any atom is -0.493 e. The number of carbonyl (C=O) groups is 2. The molecule has 7 heteroatoms. The Morgan fingerprint density at radius 1 is 1.04 bits per heavy atom. The summed E-state index contributed by atoms with van der Waals surface area (Å²) in [6.45, 7) is -0.475. The van der Waals surface area contributed by atoms with Crippen LogP contribution in [0.2, 0.25) is 0 Å². The second kappa shape index (κ2) is 7.92.